The first-order valence-corrected chi connectivity index (χ1v) is 7.54. The van der Waals surface area contributed by atoms with Crippen LogP contribution in [0.5, 0.6) is 0 Å². The highest BCUT2D eigenvalue weighted by molar-refractivity contribution is 7.80. The van der Waals surface area contributed by atoms with Crippen molar-refractivity contribution in [3.05, 3.63) is 12.2 Å². The molecule has 0 aliphatic heterocycles. The summed E-state index contributed by atoms with van der Waals surface area (Å²) in [5.74, 6) is -0.326. The Hall–Kier alpha value is -0.900. The molecule has 0 saturated carbocycles. The maximum Gasteiger partial charge on any atom is 0.333 e. The van der Waals surface area contributed by atoms with Crippen LogP contribution in [0.25, 0.3) is 0 Å². The summed E-state index contributed by atoms with van der Waals surface area (Å²) in [5.41, 5.74) is 0.438. The van der Waals surface area contributed by atoms with Crippen LogP contribution < -0.4 is 0 Å². The van der Waals surface area contributed by atoms with Gasteiger partial charge in [-0.15, -0.1) is 0 Å². The molecule has 0 aromatic rings. The number of rotatable bonds is 10. The highest BCUT2D eigenvalue weighted by atomic mass is 32.1. The number of nitrogens with zero attached hydrogens (tertiary/aromatic N) is 1. The van der Waals surface area contributed by atoms with Gasteiger partial charge in [0.05, 0.1) is 11.5 Å². The Balaban J connectivity index is 4.03. The first-order valence-electron chi connectivity index (χ1n) is 7.13. The minimum atomic E-state index is -0.326. The number of hydrogen-bond donors (Lipinski definition) is 0. The summed E-state index contributed by atoms with van der Waals surface area (Å²) < 4.78 is 5.12. The lowest BCUT2D eigenvalue weighted by Gasteiger charge is -2.24. The highest BCUT2D eigenvalue weighted by Gasteiger charge is 2.09. The second-order valence-corrected chi connectivity index (χ2v) is 5.18. The molecule has 0 N–H and O–H groups in total. The average molecular weight is 285 g/mol. The van der Waals surface area contributed by atoms with Crippen LogP contribution >= 0.6 is 12.2 Å². The Morgan fingerprint density at radius 2 is 1.89 bits per heavy atom. The second-order valence-electron chi connectivity index (χ2n) is 4.71. The van der Waals surface area contributed by atoms with Crippen LogP contribution in [0.2, 0.25) is 0 Å². The summed E-state index contributed by atoms with van der Waals surface area (Å²) in [6.07, 6.45) is 5.72. The molecule has 0 saturated heterocycles. The molecule has 0 rings (SSSR count). The van der Waals surface area contributed by atoms with E-state index in [1.165, 1.54) is 19.3 Å². The molecule has 0 aromatic heterocycles. The summed E-state index contributed by atoms with van der Waals surface area (Å²) >= 11 is 5.35. The molecule has 0 bridgehead atoms. The number of esters is 1. The number of carbonyl (C=O) groups excluding carboxylic acids is 1. The molecule has 0 fully saturated rings. The number of hydrogen-bond acceptors (Lipinski definition) is 3. The molecule has 110 valence electrons. The standard InChI is InChI=1S/C15H27NO2S/c1-5-7-8-9-10-16(14(19)6-2)11-12-18-15(17)13(3)4/h3,5-12H2,1-2,4H3. The van der Waals surface area contributed by atoms with Crippen LogP contribution in [0.4, 0.5) is 0 Å². The third-order valence-electron chi connectivity index (χ3n) is 2.88. The van der Waals surface area contributed by atoms with E-state index >= 15 is 0 Å². The Labute approximate surface area is 123 Å². The van der Waals surface area contributed by atoms with E-state index in [2.05, 4.69) is 25.3 Å². The lowest BCUT2D eigenvalue weighted by molar-refractivity contribution is -0.139. The first kappa shape index (κ1) is 18.1. The van der Waals surface area contributed by atoms with E-state index in [1.54, 1.807) is 6.92 Å². The number of unbranched alkanes of at least 4 members (excludes halogenated alkanes) is 3. The van der Waals surface area contributed by atoms with Crippen molar-refractivity contribution in [1.29, 1.82) is 0 Å². The molecular weight excluding hydrogens is 258 g/mol. The van der Waals surface area contributed by atoms with E-state index in [1.807, 2.05) is 0 Å². The van der Waals surface area contributed by atoms with Crippen LogP contribution in [0.3, 0.4) is 0 Å². The van der Waals surface area contributed by atoms with E-state index in [9.17, 15) is 4.79 Å². The zero-order valence-electron chi connectivity index (χ0n) is 12.5. The maximum atomic E-state index is 11.3. The quantitative estimate of drug-likeness (QED) is 0.265. The average Bonchev–Trinajstić information content (AvgIpc) is 2.40. The van der Waals surface area contributed by atoms with Crippen LogP contribution in [0.1, 0.15) is 52.9 Å². The van der Waals surface area contributed by atoms with Gasteiger partial charge >= 0.3 is 5.97 Å². The third-order valence-corrected chi connectivity index (χ3v) is 3.43. The smallest absolute Gasteiger partial charge is 0.333 e. The molecule has 0 amide bonds. The van der Waals surface area contributed by atoms with E-state index in [0.29, 0.717) is 18.7 Å². The molecular formula is C15H27NO2S. The van der Waals surface area contributed by atoms with Gasteiger partial charge in [-0.2, -0.15) is 0 Å². The molecule has 0 spiro atoms. The monoisotopic (exact) mass is 285 g/mol. The maximum absolute atomic E-state index is 11.3. The zero-order chi connectivity index (χ0) is 14.7. The minimum absolute atomic E-state index is 0.326. The van der Waals surface area contributed by atoms with Crippen LogP contribution in [0.15, 0.2) is 12.2 Å². The van der Waals surface area contributed by atoms with Gasteiger partial charge in [-0.1, -0.05) is 51.9 Å². The van der Waals surface area contributed by atoms with Gasteiger partial charge in [0, 0.05) is 12.1 Å². The van der Waals surface area contributed by atoms with Crippen molar-refractivity contribution in [1.82, 2.24) is 4.90 Å². The molecule has 0 heterocycles. The molecule has 19 heavy (non-hydrogen) atoms. The van der Waals surface area contributed by atoms with Crippen LogP contribution in [-0.2, 0) is 9.53 Å². The van der Waals surface area contributed by atoms with Crippen molar-refractivity contribution in [2.75, 3.05) is 19.7 Å². The molecule has 0 unspecified atom stereocenters. The summed E-state index contributed by atoms with van der Waals surface area (Å²) in [7, 11) is 0. The second kappa shape index (κ2) is 11.0. The fourth-order valence-electron chi connectivity index (χ4n) is 1.69. The van der Waals surface area contributed by atoms with Crippen molar-refractivity contribution < 1.29 is 9.53 Å². The molecule has 0 aliphatic carbocycles. The zero-order valence-corrected chi connectivity index (χ0v) is 13.4. The molecule has 0 aliphatic rings. The summed E-state index contributed by atoms with van der Waals surface area (Å²) in [4.78, 5) is 14.4. The normalized spacial score (nSPS) is 10.1. The molecule has 4 heteroatoms. The predicted molar refractivity (Wildman–Crippen MR) is 84.4 cm³/mol. The van der Waals surface area contributed by atoms with E-state index in [-0.39, 0.29) is 5.97 Å². The fraction of sp³-hybridized carbons (Fsp3) is 0.733. The SMILES string of the molecule is C=C(C)C(=O)OCCN(CCCCCC)C(=S)CC. The molecule has 0 radical (unpaired) electrons. The Kier molecular flexibility index (Phi) is 10.5. The van der Waals surface area contributed by atoms with Crippen LogP contribution in [-0.4, -0.2) is 35.6 Å². The van der Waals surface area contributed by atoms with Gasteiger partial charge in [0.15, 0.2) is 0 Å². The van der Waals surface area contributed by atoms with Crippen molar-refractivity contribution >= 4 is 23.2 Å². The van der Waals surface area contributed by atoms with Crippen molar-refractivity contribution in [3.8, 4) is 0 Å². The van der Waals surface area contributed by atoms with Gasteiger partial charge in [0.25, 0.3) is 0 Å². The largest absolute Gasteiger partial charge is 0.460 e. The van der Waals surface area contributed by atoms with Crippen molar-refractivity contribution in [2.45, 2.75) is 52.9 Å². The Morgan fingerprint density at radius 1 is 1.21 bits per heavy atom. The van der Waals surface area contributed by atoms with Gasteiger partial charge in [-0.3, -0.25) is 0 Å². The molecule has 3 nitrogen and oxygen atoms in total. The first-order chi connectivity index (χ1) is 9.02. The van der Waals surface area contributed by atoms with E-state index < -0.39 is 0 Å². The Morgan fingerprint density at radius 3 is 2.42 bits per heavy atom. The van der Waals surface area contributed by atoms with Gasteiger partial charge in [-0.25, -0.2) is 4.79 Å². The lowest BCUT2D eigenvalue weighted by Crippen LogP contribution is -2.33. The number of thiocarbonyl (C=S) groups is 1. The van der Waals surface area contributed by atoms with Gasteiger partial charge in [0.2, 0.25) is 0 Å². The van der Waals surface area contributed by atoms with Crippen LogP contribution in [0, 0.1) is 0 Å². The molecule has 0 atom stereocenters. The highest BCUT2D eigenvalue weighted by Crippen LogP contribution is 2.04. The summed E-state index contributed by atoms with van der Waals surface area (Å²) in [5, 5.41) is 0. The summed E-state index contributed by atoms with van der Waals surface area (Å²) in [6, 6.07) is 0. The third kappa shape index (κ3) is 8.76. The van der Waals surface area contributed by atoms with Gasteiger partial charge in [0.1, 0.15) is 6.61 Å². The summed E-state index contributed by atoms with van der Waals surface area (Å²) in [6.45, 7) is 11.5. The topological polar surface area (TPSA) is 29.5 Å². The van der Waals surface area contributed by atoms with Gasteiger partial charge < -0.3 is 9.64 Å². The number of ether oxygens (including phenoxy) is 1. The molecule has 0 aromatic carbocycles. The lowest BCUT2D eigenvalue weighted by atomic mass is 10.2. The van der Waals surface area contributed by atoms with Crippen molar-refractivity contribution in [3.63, 3.8) is 0 Å². The number of carbonyl (C=O) groups is 1. The van der Waals surface area contributed by atoms with Crippen molar-refractivity contribution in [2.24, 2.45) is 0 Å². The van der Waals surface area contributed by atoms with Gasteiger partial charge in [-0.05, 0) is 19.8 Å². The Bertz CT molecular complexity index is 303. The predicted octanol–water partition coefficient (Wildman–Crippen LogP) is 3.73. The fourth-order valence-corrected chi connectivity index (χ4v) is 1.87. The van der Waals surface area contributed by atoms with E-state index in [0.717, 1.165) is 24.4 Å². The van der Waals surface area contributed by atoms with E-state index in [4.69, 9.17) is 17.0 Å². The minimum Gasteiger partial charge on any atom is -0.460 e.